The highest BCUT2D eigenvalue weighted by atomic mass is 35.5. The molecule has 1 amide bonds. The first-order valence-corrected chi connectivity index (χ1v) is 11.4. The second kappa shape index (κ2) is 11.0. The Labute approximate surface area is 200 Å². The molecule has 0 aromatic heterocycles. The van der Waals surface area contributed by atoms with Crippen molar-refractivity contribution in [1.82, 2.24) is 4.90 Å². The first-order valence-electron chi connectivity index (χ1n) is 9.45. The van der Waals surface area contributed by atoms with Gasteiger partial charge in [-0.15, -0.1) is 0 Å². The summed E-state index contributed by atoms with van der Waals surface area (Å²) in [6, 6.07) is 12.6. The molecule has 9 heteroatoms. The molecule has 0 bridgehead atoms. The van der Waals surface area contributed by atoms with Crippen LogP contribution in [0, 0.1) is 0 Å². The Morgan fingerprint density at radius 2 is 2.00 bits per heavy atom. The van der Waals surface area contributed by atoms with Crippen molar-refractivity contribution >= 4 is 69.5 Å². The maximum Gasteiger partial charge on any atom is 0.307 e. The van der Waals surface area contributed by atoms with Crippen LogP contribution in [0.5, 0.6) is 5.75 Å². The Morgan fingerprint density at radius 3 is 2.74 bits per heavy atom. The lowest BCUT2D eigenvalue weighted by atomic mass is 10.1. The minimum Gasteiger partial charge on any atom is -0.488 e. The summed E-state index contributed by atoms with van der Waals surface area (Å²) >= 11 is 18.7. The Balaban J connectivity index is 1.72. The van der Waals surface area contributed by atoms with E-state index in [0.29, 0.717) is 31.6 Å². The number of carbonyl (C=O) groups is 2. The number of hydrogen-bond donors (Lipinski definition) is 0. The van der Waals surface area contributed by atoms with Crippen LogP contribution in [0.25, 0.3) is 6.08 Å². The van der Waals surface area contributed by atoms with Crippen molar-refractivity contribution in [1.29, 1.82) is 0 Å². The fourth-order valence-electron chi connectivity index (χ4n) is 2.80. The highest BCUT2D eigenvalue weighted by molar-refractivity contribution is 8.26. The van der Waals surface area contributed by atoms with Crippen LogP contribution in [0.4, 0.5) is 0 Å². The molecule has 0 atom stereocenters. The second-order valence-electron chi connectivity index (χ2n) is 6.45. The van der Waals surface area contributed by atoms with Crippen molar-refractivity contribution in [3.8, 4) is 5.75 Å². The van der Waals surface area contributed by atoms with E-state index >= 15 is 0 Å². The summed E-state index contributed by atoms with van der Waals surface area (Å²) in [4.78, 5) is 26.3. The zero-order valence-electron chi connectivity index (χ0n) is 16.6. The van der Waals surface area contributed by atoms with Crippen molar-refractivity contribution in [3.63, 3.8) is 0 Å². The average Bonchev–Trinajstić information content (AvgIpc) is 2.99. The first-order chi connectivity index (χ1) is 14.9. The minimum atomic E-state index is -0.361. The first kappa shape index (κ1) is 23.6. The maximum atomic E-state index is 12.8. The van der Waals surface area contributed by atoms with E-state index in [2.05, 4.69) is 0 Å². The lowest BCUT2D eigenvalue weighted by molar-refractivity contribution is -0.143. The Bertz CT molecular complexity index is 1040. The number of halogens is 2. The molecule has 2 aromatic carbocycles. The summed E-state index contributed by atoms with van der Waals surface area (Å²) < 4.78 is 11.3. The van der Waals surface area contributed by atoms with Crippen LogP contribution in [0.2, 0.25) is 10.0 Å². The molecule has 0 unspecified atom stereocenters. The number of benzene rings is 2. The maximum absolute atomic E-state index is 12.8. The van der Waals surface area contributed by atoms with E-state index in [0.717, 1.165) is 11.1 Å². The van der Waals surface area contributed by atoms with Gasteiger partial charge in [0.2, 0.25) is 0 Å². The fourth-order valence-corrected chi connectivity index (χ4v) is 4.56. The molecule has 1 aliphatic heterocycles. The average molecular weight is 496 g/mol. The van der Waals surface area contributed by atoms with Gasteiger partial charge < -0.3 is 9.47 Å². The van der Waals surface area contributed by atoms with Crippen molar-refractivity contribution < 1.29 is 19.1 Å². The van der Waals surface area contributed by atoms with Crippen LogP contribution in [0.1, 0.15) is 24.5 Å². The number of hydrogen-bond acceptors (Lipinski definition) is 6. The van der Waals surface area contributed by atoms with Gasteiger partial charge in [0.1, 0.15) is 16.7 Å². The normalized spacial score (nSPS) is 14.9. The van der Waals surface area contributed by atoms with Crippen molar-refractivity contribution in [2.45, 2.75) is 20.0 Å². The number of thiocarbonyl (C=S) groups is 1. The van der Waals surface area contributed by atoms with Crippen molar-refractivity contribution in [3.05, 3.63) is 68.5 Å². The smallest absolute Gasteiger partial charge is 0.307 e. The van der Waals surface area contributed by atoms with E-state index in [9.17, 15) is 9.59 Å². The molecule has 162 valence electrons. The van der Waals surface area contributed by atoms with Gasteiger partial charge in [0.25, 0.3) is 5.91 Å². The highest BCUT2D eigenvalue weighted by Crippen LogP contribution is 2.34. The molecule has 0 radical (unpaired) electrons. The van der Waals surface area contributed by atoms with Gasteiger partial charge in [0.15, 0.2) is 0 Å². The number of carbonyl (C=O) groups excluding carboxylic acids is 2. The van der Waals surface area contributed by atoms with Crippen LogP contribution < -0.4 is 4.74 Å². The van der Waals surface area contributed by atoms with E-state index in [1.165, 1.54) is 16.7 Å². The topological polar surface area (TPSA) is 55.8 Å². The van der Waals surface area contributed by atoms with Crippen LogP contribution in [-0.4, -0.2) is 34.2 Å². The summed E-state index contributed by atoms with van der Waals surface area (Å²) in [6.45, 7) is 2.48. The zero-order chi connectivity index (χ0) is 22.4. The molecule has 0 saturated carbocycles. The van der Waals surface area contributed by atoms with Gasteiger partial charge in [-0.25, -0.2) is 0 Å². The van der Waals surface area contributed by atoms with Crippen LogP contribution in [0.3, 0.4) is 0 Å². The molecule has 1 aliphatic rings. The van der Waals surface area contributed by atoms with Gasteiger partial charge in [0, 0.05) is 27.7 Å². The molecule has 0 spiro atoms. The van der Waals surface area contributed by atoms with Gasteiger partial charge in [-0.3, -0.25) is 14.5 Å². The number of ether oxygens (including phenoxy) is 2. The third-order valence-corrected chi connectivity index (χ3v) is 6.29. The Kier molecular flexibility index (Phi) is 8.37. The fraction of sp³-hybridized carbons (Fsp3) is 0.227. The molecular formula is C22H19Cl2NO4S2. The van der Waals surface area contributed by atoms with Gasteiger partial charge in [-0.1, -0.05) is 71.4 Å². The molecular weight excluding hydrogens is 477 g/mol. The summed E-state index contributed by atoms with van der Waals surface area (Å²) in [5, 5.41) is 1.08. The quantitative estimate of drug-likeness (QED) is 0.265. The number of para-hydroxylation sites is 1. The molecule has 1 heterocycles. The third-order valence-electron chi connectivity index (χ3n) is 4.32. The standard InChI is InChI=1S/C22H19Cl2NO4S2/c1-2-28-20(26)9-10-25-21(27)19(31-22(25)30)11-14-5-3-4-6-18(14)29-13-15-7-8-16(23)12-17(15)24/h3-8,11-12H,2,9-10,13H2,1H3/b19-11+. The molecule has 0 N–H and O–H groups in total. The zero-order valence-corrected chi connectivity index (χ0v) is 19.7. The van der Waals surface area contributed by atoms with E-state index in [4.69, 9.17) is 44.9 Å². The summed E-state index contributed by atoms with van der Waals surface area (Å²) in [7, 11) is 0. The predicted molar refractivity (Wildman–Crippen MR) is 128 cm³/mol. The van der Waals surface area contributed by atoms with Gasteiger partial charge in [0.05, 0.1) is 17.9 Å². The molecule has 2 aromatic rings. The lowest BCUT2D eigenvalue weighted by Crippen LogP contribution is -2.30. The SMILES string of the molecule is CCOC(=O)CCN1C(=O)/C(=C\c2ccccc2OCc2ccc(Cl)cc2Cl)SC1=S. The van der Waals surface area contributed by atoms with Gasteiger partial charge in [-0.05, 0) is 31.2 Å². The third kappa shape index (κ3) is 6.23. The summed E-state index contributed by atoms with van der Waals surface area (Å²) in [5.41, 5.74) is 1.53. The highest BCUT2D eigenvalue weighted by Gasteiger charge is 2.32. The minimum absolute atomic E-state index is 0.0924. The number of nitrogens with zero attached hydrogens (tertiary/aromatic N) is 1. The van der Waals surface area contributed by atoms with Crippen LogP contribution in [0.15, 0.2) is 47.4 Å². The number of esters is 1. The largest absolute Gasteiger partial charge is 0.488 e. The van der Waals surface area contributed by atoms with Crippen molar-refractivity contribution in [2.75, 3.05) is 13.2 Å². The van der Waals surface area contributed by atoms with Gasteiger partial charge in [-0.2, -0.15) is 0 Å². The molecule has 0 aliphatic carbocycles. The molecule has 31 heavy (non-hydrogen) atoms. The van der Waals surface area contributed by atoms with E-state index < -0.39 is 0 Å². The summed E-state index contributed by atoms with van der Waals surface area (Å²) in [6.07, 6.45) is 1.83. The van der Waals surface area contributed by atoms with E-state index in [-0.39, 0.29) is 31.4 Å². The monoisotopic (exact) mass is 495 g/mol. The number of amides is 1. The van der Waals surface area contributed by atoms with E-state index in [1.54, 1.807) is 25.1 Å². The number of thioether (sulfide) groups is 1. The molecule has 1 saturated heterocycles. The lowest BCUT2D eigenvalue weighted by Gasteiger charge is -2.13. The predicted octanol–water partition coefficient (Wildman–Crippen LogP) is 5.73. The van der Waals surface area contributed by atoms with Crippen molar-refractivity contribution in [2.24, 2.45) is 0 Å². The Hall–Kier alpha value is -2.06. The second-order valence-corrected chi connectivity index (χ2v) is 8.97. The molecule has 5 nitrogen and oxygen atoms in total. The molecule has 1 fully saturated rings. The summed E-state index contributed by atoms with van der Waals surface area (Å²) in [5.74, 6) is 0.000270. The number of rotatable bonds is 8. The Morgan fingerprint density at radius 1 is 1.23 bits per heavy atom. The van der Waals surface area contributed by atoms with Crippen LogP contribution >= 0.6 is 47.2 Å². The van der Waals surface area contributed by atoms with Gasteiger partial charge >= 0.3 is 5.97 Å². The van der Waals surface area contributed by atoms with Crippen LogP contribution in [-0.2, 0) is 20.9 Å². The molecule has 3 rings (SSSR count). The van der Waals surface area contributed by atoms with E-state index in [1.807, 2.05) is 30.3 Å².